The van der Waals surface area contributed by atoms with Gasteiger partial charge in [0.25, 0.3) is 0 Å². The Hall–Kier alpha value is -1.15. The van der Waals surface area contributed by atoms with Crippen LogP contribution < -0.4 is 10.5 Å². The molecule has 0 spiro atoms. The number of nitrogens with two attached hydrogens (primary N) is 1. The standard InChI is InChI=1S/C12H18N2O4S.ClH/c1-2-18-12(15)11(8-13)14-19(16,17)9-10-6-4-3-5-7-10;/h3-7,11,14H,2,8-9,13H2,1H3;1H/t11-;/m0./s1. The quantitative estimate of drug-likeness (QED) is 0.709. The largest absolute Gasteiger partial charge is 0.465 e. The average Bonchev–Trinajstić information content (AvgIpc) is 2.37. The van der Waals surface area contributed by atoms with E-state index in [2.05, 4.69) is 4.72 Å². The van der Waals surface area contributed by atoms with Gasteiger partial charge in [0.15, 0.2) is 0 Å². The summed E-state index contributed by atoms with van der Waals surface area (Å²) in [6, 6.07) is 7.63. The van der Waals surface area contributed by atoms with Gasteiger partial charge in [-0.25, -0.2) is 8.42 Å². The van der Waals surface area contributed by atoms with Crippen LogP contribution in [0.2, 0.25) is 0 Å². The van der Waals surface area contributed by atoms with Gasteiger partial charge in [-0.1, -0.05) is 30.3 Å². The highest BCUT2D eigenvalue weighted by Crippen LogP contribution is 2.05. The predicted molar refractivity (Wildman–Crippen MR) is 78.9 cm³/mol. The summed E-state index contributed by atoms with van der Waals surface area (Å²) in [4.78, 5) is 11.5. The molecule has 6 nitrogen and oxygen atoms in total. The molecule has 1 aromatic carbocycles. The highest BCUT2D eigenvalue weighted by molar-refractivity contribution is 7.88. The molecule has 1 rings (SSSR count). The lowest BCUT2D eigenvalue weighted by Crippen LogP contribution is -2.46. The first-order valence-corrected chi connectivity index (χ1v) is 7.54. The molecule has 0 saturated carbocycles. The minimum Gasteiger partial charge on any atom is -0.465 e. The number of carbonyl (C=O) groups excluding carboxylic acids is 1. The number of sulfonamides is 1. The second-order valence-electron chi connectivity index (χ2n) is 3.90. The Morgan fingerprint density at radius 1 is 1.35 bits per heavy atom. The summed E-state index contributed by atoms with van der Waals surface area (Å²) in [5, 5.41) is 0. The lowest BCUT2D eigenvalue weighted by atomic mass is 10.2. The fraction of sp³-hybridized carbons (Fsp3) is 0.417. The van der Waals surface area contributed by atoms with Crippen molar-refractivity contribution in [1.82, 2.24) is 4.72 Å². The summed E-state index contributed by atoms with van der Waals surface area (Å²) in [7, 11) is -3.64. The third-order valence-electron chi connectivity index (χ3n) is 2.33. The molecule has 114 valence electrons. The van der Waals surface area contributed by atoms with E-state index >= 15 is 0 Å². The van der Waals surface area contributed by atoms with E-state index in [1.165, 1.54) is 0 Å². The zero-order chi connectivity index (χ0) is 14.3. The van der Waals surface area contributed by atoms with Crippen molar-refractivity contribution in [2.45, 2.75) is 18.7 Å². The Balaban J connectivity index is 0.00000361. The van der Waals surface area contributed by atoms with Crippen molar-refractivity contribution < 1.29 is 17.9 Å². The van der Waals surface area contributed by atoms with E-state index in [4.69, 9.17) is 10.5 Å². The molecule has 0 bridgehead atoms. The molecular weight excluding hydrogens is 304 g/mol. The second-order valence-corrected chi connectivity index (χ2v) is 5.66. The Labute approximate surface area is 125 Å². The zero-order valence-electron chi connectivity index (χ0n) is 11.1. The summed E-state index contributed by atoms with van der Waals surface area (Å²) in [5.74, 6) is -0.870. The van der Waals surface area contributed by atoms with Gasteiger partial charge in [0, 0.05) is 6.54 Å². The van der Waals surface area contributed by atoms with Gasteiger partial charge in [-0.3, -0.25) is 4.79 Å². The van der Waals surface area contributed by atoms with Gasteiger partial charge in [0.1, 0.15) is 6.04 Å². The fourth-order valence-electron chi connectivity index (χ4n) is 1.49. The van der Waals surface area contributed by atoms with Gasteiger partial charge >= 0.3 is 5.97 Å². The number of carbonyl (C=O) groups is 1. The minimum atomic E-state index is -3.64. The number of benzene rings is 1. The first-order valence-electron chi connectivity index (χ1n) is 5.89. The van der Waals surface area contributed by atoms with Gasteiger partial charge in [-0.15, -0.1) is 12.4 Å². The first-order chi connectivity index (χ1) is 8.98. The van der Waals surface area contributed by atoms with Crippen molar-refractivity contribution in [2.24, 2.45) is 5.73 Å². The van der Waals surface area contributed by atoms with Crippen molar-refractivity contribution in [3.05, 3.63) is 35.9 Å². The number of rotatable bonds is 7. The highest BCUT2D eigenvalue weighted by atomic mass is 35.5. The van der Waals surface area contributed by atoms with E-state index in [-0.39, 0.29) is 31.3 Å². The van der Waals surface area contributed by atoms with Crippen LogP contribution in [0.5, 0.6) is 0 Å². The maximum absolute atomic E-state index is 11.9. The van der Waals surface area contributed by atoms with E-state index < -0.39 is 22.0 Å². The van der Waals surface area contributed by atoms with E-state index in [1.807, 2.05) is 0 Å². The maximum Gasteiger partial charge on any atom is 0.325 e. The summed E-state index contributed by atoms with van der Waals surface area (Å²) in [6.07, 6.45) is 0. The van der Waals surface area contributed by atoms with Gasteiger partial charge in [0.2, 0.25) is 10.0 Å². The molecule has 8 heteroatoms. The van der Waals surface area contributed by atoms with E-state index in [0.29, 0.717) is 5.56 Å². The molecule has 0 fully saturated rings. The van der Waals surface area contributed by atoms with Crippen LogP contribution in [0.15, 0.2) is 30.3 Å². The Kier molecular flexibility index (Phi) is 8.40. The number of esters is 1. The van der Waals surface area contributed by atoms with Crippen molar-refractivity contribution in [3.8, 4) is 0 Å². The molecule has 0 aliphatic heterocycles. The van der Waals surface area contributed by atoms with Crippen molar-refractivity contribution in [2.75, 3.05) is 13.2 Å². The number of hydrogen-bond acceptors (Lipinski definition) is 5. The normalized spacial score (nSPS) is 12.3. The number of hydrogen-bond donors (Lipinski definition) is 2. The van der Waals surface area contributed by atoms with Gasteiger partial charge in [-0.05, 0) is 12.5 Å². The van der Waals surface area contributed by atoms with Crippen LogP contribution in [0.25, 0.3) is 0 Å². The van der Waals surface area contributed by atoms with Gasteiger partial charge in [0.05, 0.1) is 12.4 Å². The monoisotopic (exact) mass is 322 g/mol. The zero-order valence-corrected chi connectivity index (χ0v) is 12.7. The van der Waals surface area contributed by atoms with E-state index in [1.54, 1.807) is 37.3 Å². The third-order valence-corrected chi connectivity index (χ3v) is 3.69. The molecule has 0 aliphatic rings. The molecule has 0 heterocycles. The maximum atomic E-state index is 11.9. The molecule has 0 saturated heterocycles. The SMILES string of the molecule is CCOC(=O)[C@H](CN)NS(=O)(=O)Cc1ccccc1.Cl. The van der Waals surface area contributed by atoms with Crippen LogP contribution in [-0.2, 0) is 25.3 Å². The lowest BCUT2D eigenvalue weighted by Gasteiger charge is -2.15. The molecule has 1 atom stereocenters. The van der Waals surface area contributed by atoms with Crippen LogP contribution in [0.1, 0.15) is 12.5 Å². The topological polar surface area (TPSA) is 98.5 Å². The van der Waals surface area contributed by atoms with E-state index in [0.717, 1.165) is 0 Å². The Morgan fingerprint density at radius 3 is 2.45 bits per heavy atom. The molecule has 0 aliphatic carbocycles. The number of ether oxygens (including phenoxy) is 1. The fourth-order valence-corrected chi connectivity index (χ4v) is 2.83. The van der Waals surface area contributed by atoms with Crippen LogP contribution in [0.3, 0.4) is 0 Å². The van der Waals surface area contributed by atoms with Crippen LogP contribution in [-0.4, -0.2) is 33.6 Å². The van der Waals surface area contributed by atoms with E-state index in [9.17, 15) is 13.2 Å². The summed E-state index contributed by atoms with van der Waals surface area (Å²) < 4.78 is 30.8. The smallest absolute Gasteiger partial charge is 0.325 e. The lowest BCUT2D eigenvalue weighted by molar-refractivity contribution is -0.144. The third kappa shape index (κ3) is 6.33. The minimum absolute atomic E-state index is 0. The van der Waals surface area contributed by atoms with Crippen LogP contribution in [0.4, 0.5) is 0 Å². The average molecular weight is 323 g/mol. The molecular formula is C12H19ClN2O4S. The van der Waals surface area contributed by atoms with Gasteiger partial charge < -0.3 is 10.5 Å². The molecule has 1 aromatic rings. The molecule has 0 unspecified atom stereocenters. The highest BCUT2D eigenvalue weighted by Gasteiger charge is 2.24. The molecule has 3 N–H and O–H groups in total. The number of nitrogens with one attached hydrogen (secondary N) is 1. The summed E-state index contributed by atoms with van der Waals surface area (Å²) >= 11 is 0. The Bertz CT molecular complexity index is 507. The summed E-state index contributed by atoms with van der Waals surface area (Å²) in [5.41, 5.74) is 6.01. The van der Waals surface area contributed by atoms with Crippen molar-refractivity contribution in [1.29, 1.82) is 0 Å². The molecule has 0 radical (unpaired) electrons. The predicted octanol–water partition coefficient (Wildman–Crippen LogP) is 0.418. The summed E-state index contributed by atoms with van der Waals surface area (Å²) in [6.45, 7) is 1.67. The van der Waals surface area contributed by atoms with Gasteiger partial charge in [-0.2, -0.15) is 4.72 Å². The van der Waals surface area contributed by atoms with Crippen LogP contribution >= 0.6 is 12.4 Å². The Morgan fingerprint density at radius 2 is 1.95 bits per heavy atom. The van der Waals surface area contributed by atoms with Crippen molar-refractivity contribution in [3.63, 3.8) is 0 Å². The second kappa shape index (κ2) is 8.91. The first kappa shape index (κ1) is 18.9. The number of halogens is 1. The molecule has 20 heavy (non-hydrogen) atoms. The molecule has 0 aromatic heterocycles. The van der Waals surface area contributed by atoms with Crippen LogP contribution in [0, 0.1) is 0 Å². The molecule has 0 amide bonds. The van der Waals surface area contributed by atoms with Crippen molar-refractivity contribution >= 4 is 28.4 Å².